The molecule has 3 nitrogen and oxygen atoms in total. The first kappa shape index (κ1) is 18.2. The van der Waals surface area contributed by atoms with Gasteiger partial charge in [0.2, 0.25) is 0 Å². The summed E-state index contributed by atoms with van der Waals surface area (Å²) in [7, 11) is 1.61. The van der Waals surface area contributed by atoms with E-state index in [1.54, 1.807) is 7.11 Å². The molecule has 1 atom stereocenters. The van der Waals surface area contributed by atoms with Crippen molar-refractivity contribution >= 4 is 5.78 Å². The summed E-state index contributed by atoms with van der Waals surface area (Å²) in [6.45, 7) is 2.17. The molecule has 0 saturated carbocycles. The number of hydrogen-bond acceptors (Lipinski definition) is 3. The average molecular weight is 326 g/mol. The Kier molecular flexibility index (Phi) is 7.01. The van der Waals surface area contributed by atoms with Crippen LogP contribution in [0, 0.1) is 0 Å². The molecular formula is C21H26O3. The first-order valence-electron chi connectivity index (χ1n) is 8.57. The summed E-state index contributed by atoms with van der Waals surface area (Å²) >= 11 is 0. The molecular weight excluding hydrogens is 300 g/mol. The van der Waals surface area contributed by atoms with Gasteiger partial charge < -0.3 is 9.84 Å². The standard InChI is InChI=1S/C21H26O3/c1-3-4-5-8-17-9-6-7-10-19(17)21(23)20(22)15-16-11-13-18(24-2)14-12-16/h6-7,9-14,21,23H,3-5,8,15H2,1-2H3. The van der Waals surface area contributed by atoms with Crippen molar-refractivity contribution in [3.63, 3.8) is 0 Å². The van der Waals surface area contributed by atoms with Gasteiger partial charge in [-0.25, -0.2) is 0 Å². The molecule has 0 bridgehead atoms. The van der Waals surface area contributed by atoms with Crippen LogP contribution in [-0.2, 0) is 17.6 Å². The van der Waals surface area contributed by atoms with E-state index >= 15 is 0 Å². The number of aliphatic hydroxyl groups excluding tert-OH is 1. The third kappa shape index (κ3) is 4.93. The van der Waals surface area contributed by atoms with Crippen LogP contribution < -0.4 is 4.74 Å². The Labute approximate surface area is 144 Å². The number of carbonyl (C=O) groups is 1. The van der Waals surface area contributed by atoms with E-state index in [2.05, 4.69) is 6.92 Å². The summed E-state index contributed by atoms with van der Waals surface area (Å²) < 4.78 is 5.12. The molecule has 0 heterocycles. The molecule has 1 N–H and O–H groups in total. The number of benzene rings is 2. The molecule has 128 valence electrons. The fraction of sp³-hybridized carbons (Fsp3) is 0.381. The number of carbonyl (C=O) groups excluding carboxylic acids is 1. The number of ether oxygens (including phenoxy) is 1. The summed E-state index contributed by atoms with van der Waals surface area (Å²) in [6, 6.07) is 15.1. The van der Waals surface area contributed by atoms with Gasteiger partial charge in [0.25, 0.3) is 0 Å². The second kappa shape index (κ2) is 9.24. The van der Waals surface area contributed by atoms with Crippen LogP contribution in [0.2, 0.25) is 0 Å². The fourth-order valence-corrected chi connectivity index (χ4v) is 2.81. The summed E-state index contributed by atoms with van der Waals surface area (Å²) in [6.07, 6.45) is 3.44. The molecule has 2 aromatic carbocycles. The Morgan fingerprint density at radius 2 is 1.79 bits per heavy atom. The maximum atomic E-state index is 12.5. The summed E-state index contributed by atoms with van der Waals surface area (Å²) in [5.41, 5.74) is 2.69. The molecule has 0 aromatic heterocycles. The van der Waals surface area contributed by atoms with Gasteiger partial charge in [0, 0.05) is 6.42 Å². The highest BCUT2D eigenvalue weighted by Gasteiger charge is 2.20. The lowest BCUT2D eigenvalue weighted by Crippen LogP contribution is -2.16. The number of aliphatic hydroxyl groups is 1. The maximum Gasteiger partial charge on any atom is 0.170 e. The van der Waals surface area contributed by atoms with Crippen molar-refractivity contribution in [1.29, 1.82) is 0 Å². The normalized spacial score (nSPS) is 12.0. The van der Waals surface area contributed by atoms with Crippen LogP contribution in [0.3, 0.4) is 0 Å². The summed E-state index contributed by atoms with van der Waals surface area (Å²) in [4.78, 5) is 12.5. The molecule has 24 heavy (non-hydrogen) atoms. The highest BCUT2D eigenvalue weighted by atomic mass is 16.5. The van der Waals surface area contributed by atoms with Gasteiger partial charge >= 0.3 is 0 Å². The molecule has 2 rings (SSSR count). The summed E-state index contributed by atoms with van der Waals surface area (Å²) in [5, 5.41) is 10.5. The van der Waals surface area contributed by atoms with Crippen LogP contribution in [-0.4, -0.2) is 18.0 Å². The maximum absolute atomic E-state index is 12.5. The highest BCUT2D eigenvalue weighted by molar-refractivity contribution is 5.86. The van der Waals surface area contributed by atoms with Crippen molar-refractivity contribution < 1.29 is 14.6 Å². The van der Waals surface area contributed by atoms with E-state index < -0.39 is 6.10 Å². The quantitative estimate of drug-likeness (QED) is 0.700. The number of rotatable bonds is 9. The Morgan fingerprint density at radius 1 is 1.08 bits per heavy atom. The number of hydrogen-bond donors (Lipinski definition) is 1. The number of methoxy groups -OCH3 is 1. The van der Waals surface area contributed by atoms with Crippen LogP contribution in [0.5, 0.6) is 5.75 Å². The minimum Gasteiger partial charge on any atom is -0.497 e. The van der Waals surface area contributed by atoms with E-state index in [9.17, 15) is 9.90 Å². The van der Waals surface area contributed by atoms with Crippen molar-refractivity contribution in [3.8, 4) is 5.75 Å². The van der Waals surface area contributed by atoms with Crippen molar-refractivity contribution in [2.45, 2.75) is 45.1 Å². The molecule has 0 aliphatic rings. The lowest BCUT2D eigenvalue weighted by atomic mass is 9.93. The smallest absolute Gasteiger partial charge is 0.170 e. The molecule has 2 aromatic rings. The van der Waals surface area contributed by atoms with E-state index in [-0.39, 0.29) is 12.2 Å². The Hall–Kier alpha value is -2.13. The zero-order chi connectivity index (χ0) is 17.4. The van der Waals surface area contributed by atoms with Gasteiger partial charge in [-0.1, -0.05) is 56.2 Å². The van der Waals surface area contributed by atoms with Crippen LogP contribution in [0.4, 0.5) is 0 Å². The van der Waals surface area contributed by atoms with Crippen LogP contribution >= 0.6 is 0 Å². The molecule has 0 spiro atoms. The average Bonchev–Trinajstić information content (AvgIpc) is 2.62. The SMILES string of the molecule is CCCCCc1ccccc1C(O)C(=O)Cc1ccc(OC)cc1. The Balaban J connectivity index is 2.06. The van der Waals surface area contributed by atoms with Crippen LogP contribution in [0.1, 0.15) is 49.0 Å². The number of ketones is 1. The van der Waals surface area contributed by atoms with Crippen LogP contribution in [0.25, 0.3) is 0 Å². The molecule has 0 saturated heterocycles. The molecule has 3 heteroatoms. The minimum absolute atomic E-state index is 0.178. The number of unbranched alkanes of at least 4 members (excludes halogenated alkanes) is 2. The van der Waals surface area contributed by atoms with Gasteiger partial charge in [0.15, 0.2) is 5.78 Å². The van der Waals surface area contributed by atoms with Crippen molar-refractivity contribution in [3.05, 3.63) is 65.2 Å². The van der Waals surface area contributed by atoms with Gasteiger partial charge in [-0.05, 0) is 41.7 Å². The lowest BCUT2D eigenvalue weighted by Gasteiger charge is -2.15. The van der Waals surface area contributed by atoms with Gasteiger partial charge in [-0.3, -0.25) is 4.79 Å². The second-order valence-corrected chi connectivity index (χ2v) is 6.05. The Bertz CT molecular complexity index is 646. The zero-order valence-electron chi connectivity index (χ0n) is 14.5. The van der Waals surface area contributed by atoms with Crippen molar-refractivity contribution in [1.82, 2.24) is 0 Å². The third-order valence-electron chi connectivity index (χ3n) is 4.24. The van der Waals surface area contributed by atoms with Gasteiger partial charge in [-0.2, -0.15) is 0 Å². The number of Topliss-reactive ketones (excluding diaryl/α,β-unsaturated/α-hetero) is 1. The molecule has 0 amide bonds. The molecule has 0 aliphatic carbocycles. The zero-order valence-corrected chi connectivity index (χ0v) is 14.5. The molecule has 0 aliphatic heterocycles. The summed E-state index contributed by atoms with van der Waals surface area (Å²) in [5.74, 6) is 0.580. The number of aryl methyl sites for hydroxylation is 1. The van der Waals surface area contributed by atoms with E-state index in [0.29, 0.717) is 0 Å². The first-order valence-corrected chi connectivity index (χ1v) is 8.57. The van der Waals surface area contributed by atoms with E-state index in [1.807, 2.05) is 48.5 Å². The highest BCUT2D eigenvalue weighted by Crippen LogP contribution is 2.23. The fourth-order valence-electron chi connectivity index (χ4n) is 2.81. The van der Waals surface area contributed by atoms with Crippen molar-refractivity contribution in [2.24, 2.45) is 0 Å². The Morgan fingerprint density at radius 3 is 2.46 bits per heavy atom. The largest absolute Gasteiger partial charge is 0.497 e. The second-order valence-electron chi connectivity index (χ2n) is 6.05. The topological polar surface area (TPSA) is 46.5 Å². The van der Waals surface area contributed by atoms with Crippen LogP contribution in [0.15, 0.2) is 48.5 Å². The first-order chi connectivity index (χ1) is 11.7. The van der Waals surface area contributed by atoms with Gasteiger partial charge in [0.1, 0.15) is 11.9 Å². The predicted octanol–water partition coefficient (Wildman–Crippen LogP) is 4.27. The van der Waals surface area contributed by atoms with E-state index in [1.165, 1.54) is 0 Å². The molecule has 1 unspecified atom stereocenters. The minimum atomic E-state index is -1.06. The van der Waals surface area contributed by atoms with Gasteiger partial charge in [0.05, 0.1) is 7.11 Å². The molecule has 0 fully saturated rings. The van der Waals surface area contributed by atoms with Gasteiger partial charge in [-0.15, -0.1) is 0 Å². The van der Waals surface area contributed by atoms with E-state index in [0.717, 1.165) is 48.1 Å². The predicted molar refractivity (Wildman–Crippen MR) is 96.3 cm³/mol. The van der Waals surface area contributed by atoms with Crippen molar-refractivity contribution in [2.75, 3.05) is 7.11 Å². The molecule has 0 radical (unpaired) electrons. The lowest BCUT2D eigenvalue weighted by molar-refractivity contribution is -0.126. The monoisotopic (exact) mass is 326 g/mol. The van der Waals surface area contributed by atoms with E-state index in [4.69, 9.17) is 4.74 Å². The third-order valence-corrected chi connectivity index (χ3v) is 4.24.